The van der Waals surface area contributed by atoms with Crippen LogP contribution in [0.4, 0.5) is 19.1 Å². The zero-order valence-corrected chi connectivity index (χ0v) is 9.90. The van der Waals surface area contributed by atoms with E-state index < -0.39 is 17.8 Å². The summed E-state index contributed by atoms with van der Waals surface area (Å²) >= 11 is 0. The van der Waals surface area contributed by atoms with E-state index in [0.29, 0.717) is 11.8 Å². The molecule has 0 unspecified atom stereocenters. The van der Waals surface area contributed by atoms with Crippen molar-refractivity contribution in [2.75, 3.05) is 5.73 Å². The molecule has 0 bridgehead atoms. The Kier molecular flexibility index (Phi) is 3.28. The lowest BCUT2D eigenvalue weighted by atomic mass is 10.2. The van der Waals surface area contributed by atoms with Gasteiger partial charge in [0, 0.05) is 6.07 Å². The van der Waals surface area contributed by atoms with Crippen molar-refractivity contribution in [1.82, 2.24) is 9.97 Å². The van der Waals surface area contributed by atoms with E-state index in [-0.39, 0.29) is 5.88 Å². The maximum Gasteiger partial charge on any atom is 0.433 e. The fourth-order valence-electron chi connectivity index (χ4n) is 1.42. The van der Waals surface area contributed by atoms with Gasteiger partial charge in [-0.25, -0.2) is 4.98 Å². The summed E-state index contributed by atoms with van der Waals surface area (Å²) in [6.45, 7) is 1.77. The van der Waals surface area contributed by atoms with Crippen LogP contribution >= 0.6 is 0 Å². The van der Waals surface area contributed by atoms with Crippen molar-refractivity contribution in [3.63, 3.8) is 0 Å². The standard InChI is InChI=1S/C12H10F3N3O/c1-7-4-2-3-5-8(7)19-10-6-9(12(13,14)15)17-11(16)18-10/h2-6H,1H3,(H2,16,17,18). The van der Waals surface area contributed by atoms with Crippen molar-refractivity contribution in [3.05, 3.63) is 41.6 Å². The van der Waals surface area contributed by atoms with Gasteiger partial charge in [0.2, 0.25) is 11.8 Å². The zero-order chi connectivity index (χ0) is 14.0. The number of benzene rings is 1. The van der Waals surface area contributed by atoms with E-state index in [1.165, 1.54) is 0 Å². The third-order valence-corrected chi connectivity index (χ3v) is 2.32. The number of rotatable bonds is 2. The second-order valence-corrected chi connectivity index (χ2v) is 3.81. The van der Waals surface area contributed by atoms with Gasteiger partial charge in [0.15, 0.2) is 5.69 Å². The summed E-state index contributed by atoms with van der Waals surface area (Å²) in [6, 6.07) is 7.60. The van der Waals surface area contributed by atoms with Gasteiger partial charge in [-0.3, -0.25) is 0 Å². The molecule has 2 N–H and O–H groups in total. The van der Waals surface area contributed by atoms with Gasteiger partial charge >= 0.3 is 6.18 Å². The molecular formula is C12H10F3N3O. The molecule has 0 fully saturated rings. The average Bonchev–Trinajstić information content (AvgIpc) is 2.30. The van der Waals surface area contributed by atoms with Crippen LogP contribution in [0.15, 0.2) is 30.3 Å². The van der Waals surface area contributed by atoms with Gasteiger partial charge in [-0.05, 0) is 18.6 Å². The molecule has 100 valence electrons. The van der Waals surface area contributed by atoms with Crippen molar-refractivity contribution in [1.29, 1.82) is 0 Å². The van der Waals surface area contributed by atoms with Crippen LogP contribution in [0.25, 0.3) is 0 Å². The molecule has 2 aromatic rings. The lowest BCUT2D eigenvalue weighted by molar-refractivity contribution is -0.141. The van der Waals surface area contributed by atoms with Gasteiger partial charge in [0.05, 0.1) is 0 Å². The number of nitrogens with two attached hydrogens (primary N) is 1. The molecule has 0 spiro atoms. The summed E-state index contributed by atoms with van der Waals surface area (Å²) in [5.41, 5.74) is 4.88. The first-order valence-electron chi connectivity index (χ1n) is 5.31. The number of aryl methyl sites for hydroxylation is 1. The van der Waals surface area contributed by atoms with E-state index >= 15 is 0 Å². The third-order valence-electron chi connectivity index (χ3n) is 2.32. The van der Waals surface area contributed by atoms with Crippen LogP contribution in [0.1, 0.15) is 11.3 Å². The van der Waals surface area contributed by atoms with Gasteiger partial charge in [-0.1, -0.05) is 18.2 Å². The second kappa shape index (κ2) is 4.75. The van der Waals surface area contributed by atoms with E-state index in [2.05, 4.69) is 9.97 Å². The number of alkyl halides is 3. The number of hydrogen-bond acceptors (Lipinski definition) is 4. The molecule has 0 radical (unpaired) electrons. The van der Waals surface area contributed by atoms with Crippen molar-refractivity contribution < 1.29 is 17.9 Å². The number of hydrogen-bond donors (Lipinski definition) is 1. The maximum absolute atomic E-state index is 12.6. The summed E-state index contributed by atoms with van der Waals surface area (Å²) < 4.78 is 43.0. The van der Waals surface area contributed by atoms with Crippen LogP contribution in [0.5, 0.6) is 11.6 Å². The van der Waals surface area contributed by atoms with Crippen LogP contribution in [0.2, 0.25) is 0 Å². The van der Waals surface area contributed by atoms with Crippen LogP contribution in [0.3, 0.4) is 0 Å². The van der Waals surface area contributed by atoms with Crippen LogP contribution < -0.4 is 10.5 Å². The van der Waals surface area contributed by atoms with E-state index in [4.69, 9.17) is 10.5 Å². The first-order valence-corrected chi connectivity index (χ1v) is 5.31. The number of nitrogens with zero attached hydrogens (tertiary/aromatic N) is 2. The number of aromatic nitrogens is 2. The number of halogens is 3. The van der Waals surface area contributed by atoms with Crippen LogP contribution in [-0.2, 0) is 6.18 Å². The predicted octanol–water partition coefficient (Wildman–Crippen LogP) is 3.18. The number of para-hydroxylation sites is 1. The molecule has 1 aromatic heterocycles. The molecule has 0 aliphatic rings. The fourth-order valence-corrected chi connectivity index (χ4v) is 1.42. The Labute approximate surface area is 107 Å². The predicted molar refractivity (Wildman–Crippen MR) is 62.7 cm³/mol. The van der Waals surface area contributed by atoms with E-state index in [1.807, 2.05) is 0 Å². The molecule has 19 heavy (non-hydrogen) atoms. The minimum atomic E-state index is -4.60. The van der Waals surface area contributed by atoms with Gasteiger partial charge in [-0.2, -0.15) is 18.2 Å². The number of nitrogen functional groups attached to an aromatic ring is 1. The quantitative estimate of drug-likeness (QED) is 0.909. The van der Waals surface area contributed by atoms with Crippen molar-refractivity contribution >= 4 is 5.95 Å². The highest BCUT2D eigenvalue weighted by atomic mass is 19.4. The molecule has 0 atom stereocenters. The molecule has 1 heterocycles. The van der Waals surface area contributed by atoms with Gasteiger partial charge in [-0.15, -0.1) is 0 Å². The second-order valence-electron chi connectivity index (χ2n) is 3.81. The Morgan fingerprint density at radius 3 is 2.47 bits per heavy atom. The molecular weight excluding hydrogens is 259 g/mol. The Hall–Kier alpha value is -2.31. The van der Waals surface area contributed by atoms with Crippen molar-refractivity contribution in [2.24, 2.45) is 0 Å². The lowest BCUT2D eigenvalue weighted by Gasteiger charge is -2.10. The minimum absolute atomic E-state index is 0.242. The minimum Gasteiger partial charge on any atom is -0.439 e. The van der Waals surface area contributed by atoms with Crippen molar-refractivity contribution in [2.45, 2.75) is 13.1 Å². The highest BCUT2D eigenvalue weighted by Gasteiger charge is 2.33. The van der Waals surface area contributed by atoms with E-state index in [0.717, 1.165) is 5.56 Å². The summed E-state index contributed by atoms with van der Waals surface area (Å²) in [5, 5.41) is 0. The summed E-state index contributed by atoms with van der Waals surface area (Å²) in [6.07, 6.45) is -4.60. The number of anilines is 1. The zero-order valence-electron chi connectivity index (χ0n) is 9.90. The molecule has 7 heteroatoms. The number of ether oxygens (including phenoxy) is 1. The molecule has 0 saturated carbocycles. The van der Waals surface area contributed by atoms with Crippen LogP contribution in [-0.4, -0.2) is 9.97 Å². The Balaban J connectivity index is 2.36. The summed E-state index contributed by atoms with van der Waals surface area (Å²) in [4.78, 5) is 6.76. The smallest absolute Gasteiger partial charge is 0.433 e. The first-order chi connectivity index (χ1) is 8.86. The molecule has 0 aliphatic heterocycles. The fraction of sp³-hybridized carbons (Fsp3) is 0.167. The van der Waals surface area contributed by atoms with Gasteiger partial charge < -0.3 is 10.5 Å². The molecule has 2 rings (SSSR count). The summed E-state index contributed by atoms with van der Waals surface area (Å²) in [5.74, 6) is -0.318. The summed E-state index contributed by atoms with van der Waals surface area (Å²) in [7, 11) is 0. The van der Waals surface area contributed by atoms with Gasteiger partial charge in [0.1, 0.15) is 5.75 Å². The topological polar surface area (TPSA) is 61.0 Å². The third kappa shape index (κ3) is 3.12. The Morgan fingerprint density at radius 1 is 1.16 bits per heavy atom. The SMILES string of the molecule is Cc1ccccc1Oc1cc(C(F)(F)F)nc(N)n1. The van der Waals surface area contributed by atoms with Crippen molar-refractivity contribution in [3.8, 4) is 11.6 Å². The molecule has 0 amide bonds. The van der Waals surface area contributed by atoms with Crippen LogP contribution in [0, 0.1) is 6.92 Å². The molecule has 0 saturated heterocycles. The maximum atomic E-state index is 12.6. The molecule has 4 nitrogen and oxygen atoms in total. The first kappa shape index (κ1) is 13.1. The highest BCUT2D eigenvalue weighted by Crippen LogP contribution is 2.31. The monoisotopic (exact) mass is 269 g/mol. The normalized spacial score (nSPS) is 11.4. The lowest BCUT2D eigenvalue weighted by Crippen LogP contribution is -2.11. The van der Waals surface area contributed by atoms with E-state index in [1.54, 1.807) is 31.2 Å². The largest absolute Gasteiger partial charge is 0.439 e. The highest BCUT2D eigenvalue weighted by molar-refractivity contribution is 5.36. The average molecular weight is 269 g/mol. The van der Waals surface area contributed by atoms with E-state index in [9.17, 15) is 13.2 Å². The molecule has 0 aliphatic carbocycles. The molecule has 1 aromatic carbocycles. The Bertz CT molecular complexity index is 599. The Morgan fingerprint density at radius 2 is 1.84 bits per heavy atom. The van der Waals surface area contributed by atoms with Gasteiger partial charge in [0.25, 0.3) is 0 Å².